The Morgan fingerprint density at radius 3 is 2.48 bits per heavy atom. The molecule has 0 aliphatic heterocycles. The van der Waals surface area contributed by atoms with Gasteiger partial charge in [-0.15, -0.1) is 0 Å². The molecule has 31 heavy (non-hydrogen) atoms. The number of rotatable bonds is 6. The molecule has 3 saturated carbocycles. The van der Waals surface area contributed by atoms with Gasteiger partial charge in [-0.25, -0.2) is 0 Å². The van der Waals surface area contributed by atoms with Crippen LogP contribution in [-0.2, 0) is 4.79 Å². The maximum absolute atomic E-state index is 11.6. The first-order valence-corrected chi connectivity index (χ1v) is 13.6. The van der Waals surface area contributed by atoms with Gasteiger partial charge in [0.05, 0.1) is 0 Å². The Bertz CT molecular complexity index is 695. The van der Waals surface area contributed by atoms with E-state index >= 15 is 0 Å². The van der Waals surface area contributed by atoms with Crippen LogP contribution in [0, 0.1) is 52.3 Å². The zero-order valence-corrected chi connectivity index (χ0v) is 21.3. The quantitative estimate of drug-likeness (QED) is 0.461. The van der Waals surface area contributed by atoms with Crippen molar-refractivity contribution in [2.24, 2.45) is 52.3 Å². The molecule has 0 unspecified atom stereocenters. The Kier molecular flexibility index (Phi) is 6.68. The standard InChI is InChI=1S/C29H49NO/c1-19(2)8-7-9-20(3)25-12-13-26-24-11-10-22-18-23(30-21(4)31)14-16-28(22,5)27(24)15-17-29(25,26)6/h14,19-20,22,24-27H,7-13,15-18H2,1-6H3,(H,30,31)/t20-,22+,24+,25-,26+,27+,28+,29-/m1/s1. The van der Waals surface area contributed by atoms with Gasteiger partial charge < -0.3 is 5.32 Å². The van der Waals surface area contributed by atoms with Gasteiger partial charge in [0, 0.05) is 12.6 Å². The number of hydrogen-bond acceptors (Lipinski definition) is 1. The Balaban J connectivity index is 1.46. The van der Waals surface area contributed by atoms with E-state index in [4.69, 9.17) is 0 Å². The molecule has 0 saturated heterocycles. The first kappa shape index (κ1) is 23.4. The van der Waals surface area contributed by atoms with Crippen molar-refractivity contribution in [2.45, 2.75) is 112 Å². The predicted molar refractivity (Wildman–Crippen MR) is 130 cm³/mol. The van der Waals surface area contributed by atoms with Gasteiger partial charge in [0.1, 0.15) is 0 Å². The van der Waals surface area contributed by atoms with E-state index < -0.39 is 0 Å². The first-order chi connectivity index (χ1) is 14.6. The van der Waals surface area contributed by atoms with E-state index in [1.165, 1.54) is 69.9 Å². The second-order valence-corrected chi connectivity index (χ2v) is 13.0. The third-order valence-electron chi connectivity index (χ3n) is 10.9. The zero-order valence-electron chi connectivity index (χ0n) is 21.3. The third kappa shape index (κ3) is 4.26. The van der Waals surface area contributed by atoms with Crippen molar-refractivity contribution in [1.29, 1.82) is 0 Å². The fourth-order valence-corrected chi connectivity index (χ4v) is 9.23. The summed E-state index contributed by atoms with van der Waals surface area (Å²) in [6.07, 6.45) is 17.6. The third-order valence-corrected chi connectivity index (χ3v) is 10.9. The Morgan fingerprint density at radius 2 is 1.77 bits per heavy atom. The number of fused-ring (bicyclic) bond motifs is 5. The topological polar surface area (TPSA) is 29.1 Å². The number of carbonyl (C=O) groups is 1. The van der Waals surface area contributed by atoms with E-state index in [9.17, 15) is 4.79 Å². The Labute approximate surface area is 192 Å². The van der Waals surface area contributed by atoms with E-state index in [-0.39, 0.29) is 5.91 Å². The summed E-state index contributed by atoms with van der Waals surface area (Å²) in [6, 6.07) is 0. The highest BCUT2D eigenvalue weighted by Gasteiger charge is 2.60. The van der Waals surface area contributed by atoms with Crippen molar-refractivity contribution >= 4 is 5.91 Å². The number of allylic oxidation sites excluding steroid dienone is 2. The average molecular weight is 428 g/mol. The lowest BCUT2D eigenvalue weighted by Gasteiger charge is -2.60. The number of amides is 1. The normalized spacial score (nSPS) is 42.9. The molecule has 0 radical (unpaired) electrons. The second kappa shape index (κ2) is 8.86. The Morgan fingerprint density at radius 1 is 1.03 bits per heavy atom. The van der Waals surface area contributed by atoms with Crippen LogP contribution in [0.25, 0.3) is 0 Å². The molecule has 0 aromatic carbocycles. The van der Waals surface area contributed by atoms with Crippen molar-refractivity contribution < 1.29 is 4.79 Å². The van der Waals surface area contributed by atoms with Crippen molar-refractivity contribution in [3.63, 3.8) is 0 Å². The molecule has 4 rings (SSSR count). The largest absolute Gasteiger partial charge is 0.330 e. The van der Waals surface area contributed by atoms with Crippen LogP contribution in [0.15, 0.2) is 11.8 Å². The Hall–Kier alpha value is -0.790. The highest BCUT2D eigenvalue weighted by molar-refractivity contribution is 5.74. The molecule has 0 heterocycles. The van der Waals surface area contributed by atoms with Crippen molar-refractivity contribution in [1.82, 2.24) is 5.32 Å². The van der Waals surface area contributed by atoms with E-state index in [0.717, 1.165) is 47.8 Å². The predicted octanol–water partition coefficient (Wildman–Crippen LogP) is 7.74. The minimum atomic E-state index is 0.0940. The molecular formula is C29H49NO. The summed E-state index contributed by atoms with van der Waals surface area (Å²) in [6.45, 7) is 14.3. The maximum atomic E-state index is 11.6. The van der Waals surface area contributed by atoms with Crippen LogP contribution < -0.4 is 5.32 Å². The van der Waals surface area contributed by atoms with Crippen LogP contribution >= 0.6 is 0 Å². The van der Waals surface area contributed by atoms with Crippen LogP contribution in [0.1, 0.15) is 112 Å². The minimum Gasteiger partial charge on any atom is -0.330 e. The molecule has 4 aliphatic carbocycles. The molecule has 0 aromatic heterocycles. The summed E-state index contributed by atoms with van der Waals surface area (Å²) < 4.78 is 0. The van der Waals surface area contributed by atoms with Crippen LogP contribution in [0.3, 0.4) is 0 Å². The van der Waals surface area contributed by atoms with E-state index in [1.807, 2.05) is 0 Å². The van der Waals surface area contributed by atoms with Crippen LogP contribution in [-0.4, -0.2) is 5.91 Å². The summed E-state index contributed by atoms with van der Waals surface area (Å²) in [5.74, 6) is 6.36. The van der Waals surface area contributed by atoms with Gasteiger partial charge in [-0.3, -0.25) is 4.79 Å². The first-order valence-electron chi connectivity index (χ1n) is 13.6. The van der Waals surface area contributed by atoms with E-state index in [0.29, 0.717) is 10.8 Å². The van der Waals surface area contributed by atoms with Crippen LogP contribution in [0.5, 0.6) is 0 Å². The highest BCUT2D eigenvalue weighted by Crippen LogP contribution is 2.68. The van der Waals surface area contributed by atoms with E-state index in [1.54, 1.807) is 6.92 Å². The molecule has 4 aliphatic rings. The summed E-state index contributed by atoms with van der Waals surface area (Å²) in [5.41, 5.74) is 2.24. The van der Waals surface area contributed by atoms with Crippen LogP contribution in [0.4, 0.5) is 0 Å². The molecule has 176 valence electrons. The molecule has 2 nitrogen and oxygen atoms in total. The van der Waals surface area contributed by atoms with Gasteiger partial charge in [0.25, 0.3) is 0 Å². The molecule has 0 bridgehead atoms. The lowest BCUT2D eigenvalue weighted by atomic mass is 9.45. The molecule has 1 N–H and O–H groups in total. The second-order valence-electron chi connectivity index (χ2n) is 13.0. The van der Waals surface area contributed by atoms with Crippen molar-refractivity contribution in [3.8, 4) is 0 Å². The molecule has 0 aromatic rings. The van der Waals surface area contributed by atoms with Crippen LogP contribution in [0.2, 0.25) is 0 Å². The summed E-state index contributed by atoms with van der Waals surface area (Å²) in [7, 11) is 0. The highest BCUT2D eigenvalue weighted by atomic mass is 16.1. The molecule has 0 spiro atoms. The average Bonchev–Trinajstić information content (AvgIpc) is 3.05. The van der Waals surface area contributed by atoms with Gasteiger partial charge in [0.2, 0.25) is 5.91 Å². The van der Waals surface area contributed by atoms with Gasteiger partial charge in [-0.1, -0.05) is 60.0 Å². The number of nitrogens with one attached hydrogen (secondary N) is 1. The molecular weight excluding hydrogens is 378 g/mol. The van der Waals surface area contributed by atoms with Gasteiger partial charge in [0.15, 0.2) is 0 Å². The zero-order chi connectivity index (χ0) is 22.4. The summed E-state index contributed by atoms with van der Waals surface area (Å²) in [5, 5.41) is 3.11. The number of carbonyl (C=O) groups excluding carboxylic acids is 1. The fraction of sp³-hybridized carbons (Fsp3) is 0.897. The lowest BCUT2D eigenvalue weighted by molar-refractivity contribution is -0.119. The van der Waals surface area contributed by atoms with Gasteiger partial charge in [-0.2, -0.15) is 0 Å². The summed E-state index contributed by atoms with van der Waals surface area (Å²) >= 11 is 0. The van der Waals surface area contributed by atoms with Gasteiger partial charge >= 0.3 is 0 Å². The SMILES string of the molecule is CC(=O)NC1=CC[C@@]2(C)[C@@H](CC[C@@H]3[C@@H]2CC[C@]2(C)[C@@H]([C@H](C)CCCC(C)C)CC[C@@H]32)C1. The van der Waals surface area contributed by atoms with E-state index in [2.05, 4.69) is 46.0 Å². The fourth-order valence-electron chi connectivity index (χ4n) is 9.23. The maximum Gasteiger partial charge on any atom is 0.220 e. The van der Waals surface area contributed by atoms with Crippen molar-refractivity contribution in [3.05, 3.63) is 11.8 Å². The minimum absolute atomic E-state index is 0.0940. The molecule has 8 atom stereocenters. The molecule has 1 amide bonds. The summed E-state index contributed by atoms with van der Waals surface area (Å²) in [4.78, 5) is 11.6. The monoisotopic (exact) mass is 427 g/mol. The van der Waals surface area contributed by atoms with Gasteiger partial charge in [-0.05, 0) is 104 Å². The molecule has 3 fully saturated rings. The van der Waals surface area contributed by atoms with Crippen molar-refractivity contribution in [2.75, 3.05) is 0 Å². The smallest absolute Gasteiger partial charge is 0.220 e. The number of hydrogen-bond donors (Lipinski definition) is 1. The molecule has 2 heteroatoms. The lowest BCUT2D eigenvalue weighted by Crippen LogP contribution is -2.53.